The smallest absolute Gasteiger partial charge is 0.253 e. The maximum atomic E-state index is 13.0. The number of aliphatic hydroxyl groups excluding tert-OH is 1. The quantitative estimate of drug-likeness (QED) is 0.518. The third kappa shape index (κ3) is 5.36. The molecule has 1 unspecified atom stereocenters. The van der Waals surface area contributed by atoms with Gasteiger partial charge in [0.05, 0.1) is 20.3 Å². The number of aliphatic hydroxyl groups is 1. The van der Waals surface area contributed by atoms with Crippen LogP contribution < -0.4 is 9.47 Å². The van der Waals surface area contributed by atoms with Crippen molar-refractivity contribution in [1.29, 1.82) is 0 Å². The second kappa shape index (κ2) is 11.0. The minimum absolute atomic E-state index is 0.00265. The van der Waals surface area contributed by atoms with Gasteiger partial charge in [-0.05, 0) is 78.9 Å². The summed E-state index contributed by atoms with van der Waals surface area (Å²) in [4.78, 5) is 17.2. The summed E-state index contributed by atoms with van der Waals surface area (Å²) < 4.78 is 10.9. The first-order valence-electron chi connectivity index (χ1n) is 13.1. The first kappa shape index (κ1) is 25.3. The van der Waals surface area contributed by atoms with Crippen LogP contribution in [0.15, 0.2) is 72.8 Å². The van der Waals surface area contributed by atoms with Crippen LogP contribution >= 0.6 is 0 Å². The number of amides is 1. The number of likely N-dealkylation sites (tertiary alicyclic amines) is 2. The molecular formula is C31H36N2O4. The Morgan fingerprint density at radius 3 is 2.16 bits per heavy atom. The predicted molar refractivity (Wildman–Crippen MR) is 144 cm³/mol. The summed E-state index contributed by atoms with van der Waals surface area (Å²) in [6.45, 7) is 3.69. The molecular weight excluding hydrogens is 464 g/mol. The van der Waals surface area contributed by atoms with Crippen molar-refractivity contribution in [2.75, 3.05) is 40.4 Å². The Morgan fingerprint density at radius 1 is 0.946 bits per heavy atom. The third-order valence-electron chi connectivity index (χ3n) is 7.89. The molecule has 2 saturated heterocycles. The Hall–Kier alpha value is -3.35. The molecule has 0 radical (unpaired) electrons. The lowest BCUT2D eigenvalue weighted by Crippen LogP contribution is -2.46. The van der Waals surface area contributed by atoms with Crippen LogP contribution in [0.1, 0.15) is 46.3 Å². The standard InChI is InChI=1S/C31H36N2O4/c1-36-28-11-7-25(8-12-28)31(26-9-13-29(37-2)14-10-26)16-4-17-32(22-31)20-23-5-3-6-24(19-23)30(35)33-18-15-27(34)21-33/h3,5-14,19,27,34H,4,15-18,20-22H2,1-2H3. The van der Waals surface area contributed by atoms with Crippen LogP contribution in [-0.2, 0) is 12.0 Å². The Labute approximate surface area is 219 Å². The number of hydrogen-bond donors (Lipinski definition) is 1. The lowest BCUT2D eigenvalue weighted by atomic mass is 9.69. The number of methoxy groups -OCH3 is 2. The number of carbonyl (C=O) groups excluding carboxylic acids is 1. The van der Waals surface area contributed by atoms with Crippen LogP contribution in [0.25, 0.3) is 0 Å². The zero-order chi connectivity index (χ0) is 25.8. The van der Waals surface area contributed by atoms with Gasteiger partial charge in [0.1, 0.15) is 11.5 Å². The average molecular weight is 501 g/mol. The Morgan fingerprint density at radius 2 is 1.59 bits per heavy atom. The number of nitrogens with zero attached hydrogens (tertiary/aromatic N) is 2. The first-order valence-corrected chi connectivity index (χ1v) is 13.1. The Bertz CT molecular complexity index is 1160. The number of carbonyl (C=O) groups is 1. The van der Waals surface area contributed by atoms with E-state index in [0.717, 1.165) is 49.5 Å². The van der Waals surface area contributed by atoms with Crippen LogP contribution in [0.5, 0.6) is 11.5 Å². The van der Waals surface area contributed by atoms with E-state index in [2.05, 4.69) is 35.2 Å². The molecule has 37 heavy (non-hydrogen) atoms. The van der Waals surface area contributed by atoms with E-state index in [1.807, 2.05) is 42.5 Å². The van der Waals surface area contributed by atoms with Crippen molar-refractivity contribution in [3.05, 3.63) is 95.1 Å². The summed E-state index contributed by atoms with van der Waals surface area (Å²) in [7, 11) is 3.39. The van der Waals surface area contributed by atoms with Gasteiger partial charge in [-0.1, -0.05) is 36.4 Å². The molecule has 1 amide bonds. The lowest BCUT2D eigenvalue weighted by molar-refractivity contribution is 0.0764. The maximum absolute atomic E-state index is 13.0. The van der Waals surface area contributed by atoms with Gasteiger partial charge in [-0.3, -0.25) is 9.69 Å². The summed E-state index contributed by atoms with van der Waals surface area (Å²) in [6, 6.07) is 24.9. The second-order valence-electron chi connectivity index (χ2n) is 10.2. The molecule has 6 nitrogen and oxygen atoms in total. The molecule has 2 fully saturated rings. The number of piperidine rings is 1. The van der Waals surface area contributed by atoms with Gasteiger partial charge in [0, 0.05) is 37.2 Å². The largest absolute Gasteiger partial charge is 0.497 e. The van der Waals surface area contributed by atoms with E-state index in [0.29, 0.717) is 25.1 Å². The van der Waals surface area contributed by atoms with Gasteiger partial charge in [-0.2, -0.15) is 0 Å². The van der Waals surface area contributed by atoms with E-state index in [1.165, 1.54) is 11.1 Å². The van der Waals surface area contributed by atoms with Crippen LogP contribution in [-0.4, -0.2) is 67.3 Å². The molecule has 2 aliphatic rings. The van der Waals surface area contributed by atoms with Gasteiger partial charge in [-0.25, -0.2) is 0 Å². The maximum Gasteiger partial charge on any atom is 0.253 e. The molecule has 1 N–H and O–H groups in total. The minimum Gasteiger partial charge on any atom is -0.497 e. The summed E-state index contributed by atoms with van der Waals surface area (Å²) in [5.41, 5.74) is 4.22. The van der Waals surface area contributed by atoms with E-state index >= 15 is 0 Å². The van der Waals surface area contributed by atoms with Crippen LogP contribution in [0, 0.1) is 0 Å². The van der Waals surface area contributed by atoms with Crippen LogP contribution in [0.2, 0.25) is 0 Å². The highest BCUT2D eigenvalue weighted by Crippen LogP contribution is 2.42. The van der Waals surface area contributed by atoms with Crippen molar-refractivity contribution in [3.8, 4) is 11.5 Å². The number of rotatable bonds is 7. The molecule has 2 heterocycles. The molecule has 0 aromatic heterocycles. The lowest BCUT2D eigenvalue weighted by Gasteiger charge is -2.44. The van der Waals surface area contributed by atoms with E-state index in [4.69, 9.17) is 9.47 Å². The fraction of sp³-hybridized carbons (Fsp3) is 0.387. The fourth-order valence-electron chi connectivity index (χ4n) is 5.91. The molecule has 3 aromatic rings. The molecule has 3 aromatic carbocycles. The van der Waals surface area contributed by atoms with Gasteiger partial charge in [0.25, 0.3) is 5.91 Å². The molecule has 5 rings (SSSR count). The number of hydrogen-bond acceptors (Lipinski definition) is 5. The highest BCUT2D eigenvalue weighted by molar-refractivity contribution is 5.94. The predicted octanol–water partition coefficient (Wildman–Crippen LogP) is 4.49. The normalized spacial score (nSPS) is 19.5. The summed E-state index contributed by atoms with van der Waals surface area (Å²) >= 11 is 0. The van der Waals surface area contributed by atoms with Crippen LogP contribution in [0.3, 0.4) is 0 Å². The van der Waals surface area contributed by atoms with Crippen molar-refractivity contribution in [1.82, 2.24) is 9.80 Å². The molecule has 0 aliphatic carbocycles. The van der Waals surface area contributed by atoms with Gasteiger partial charge in [0.15, 0.2) is 0 Å². The highest BCUT2D eigenvalue weighted by atomic mass is 16.5. The summed E-state index contributed by atoms with van der Waals surface area (Å²) in [6.07, 6.45) is 2.36. The van der Waals surface area contributed by atoms with Gasteiger partial charge in [-0.15, -0.1) is 0 Å². The monoisotopic (exact) mass is 500 g/mol. The topological polar surface area (TPSA) is 62.2 Å². The van der Waals surface area contributed by atoms with E-state index in [-0.39, 0.29) is 11.3 Å². The van der Waals surface area contributed by atoms with E-state index in [9.17, 15) is 9.90 Å². The van der Waals surface area contributed by atoms with Crippen molar-refractivity contribution in [2.45, 2.75) is 37.3 Å². The Balaban J connectivity index is 1.41. The van der Waals surface area contributed by atoms with Crippen molar-refractivity contribution in [3.63, 3.8) is 0 Å². The first-order chi connectivity index (χ1) is 18.0. The molecule has 0 spiro atoms. The van der Waals surface area contributed by atoms with Gasteiger partial charge < -0.3 is 19.5 Å². The highest BCUT2D eigenvalue weighted by Gasteiger charge is 2.39. The number of benzene rings is 3. The van der Waals surface area contributed by atoms with Crippen LogP contribution in [0.4, 0.5) is 0 Å². The summed E-state index contributed by atoms with van der Waals surface area (Å²) in [5, 5.41) is 9.85. The molecule has 6 heteroatoms. The number of β-amino-alcohol motifs (C(OH)–C–C–N with tert-alkyl or cyclic N) is 1. The van der Waals surface area contributed by atoms with Crippen molar-refractivity contribution in [2.24, 2.45) is 0 Å². The minimum atomic E-state index is -0.412. The van der Waals surface area contributed by atoms with E-state index in [1.54, 1.807) is 19.1 Å². The molecule has 2 aliphatic heterocycles. The van der Waals surface area contributed by atoms with Gasteiger partial charge in [0.2, 0.25) is 0 Å². The SMILES string of the molecule is COc1ccc(C2(c3ccc(OC)cc3)CCCN(Cc3cccc(C(=O)N4CCC(O)C4)c3)C2)cc1. The molecule has 0 bridgehead atoms. The molecule has 1 atom stereocenters. The second-order valence-corrected chi connectivity index (χ2v) is 10.2. The zero-order valence-electron chi connectivity index (χ0n) is 21.7. The summed E-state index contributed by atoms with van der Waals surface area (Å²) in [5.74, 6) is 1.71. The van der Waals surface area contributed by atoms with Crippen molar-refractivity contribution < 1.29 is 19.4 Å². The third-order valence-corrected chi connectivity index (χ3v) is 7.89. The Kier molecular flexibility index (Phi) is 7.49. The fourth-order valence-corrected chi connectivity index (χ4v) is 5.91. The number of ether oxygens (including phenoxy) is 2. The zero-order valence-corrected chi connectivity index (χ0v) is 21.7. The van der Waals surface area contributed by atoms with Gasteiger partial charge >= 0.3 is 0 Å². The molecule has 194 valence electrons. The molecule has 0 saturated carbocycles. The van der Waals surface area contributed by atoms with E-state index < -0.39 is 6.10 Å². The average Bonchev–Trinajstić information content (AvgIpc) is 3.39. The van der Waals surface area contributed by atoms with Crippen molar-refractivity contribution >= 4 is 5.91 Å².